The average molecular weight is 430 g/mol. The number of Topliss-reactive ketones (excluding diaryl/α,β-unsaturated/α-hetero) is 1. The molecule has 0 amide bonds. The SMILES string of the molecule is Cc1ccc(C(=O)[C@H](C)OC(=O)c2ccc(C)c(S(=O)(=O)N3CCCCC3)c2)cc1. The molecule has 0 radical (unpaired) electrons. The van der Waals surface area contributed by atoms with Crippen LogP contribution < -0.4 is 0 Å². The average Bonchev–Trinajstić information content (AvgIpc) is 2.74. The number of esters is 1. The van der Waals surface area contributed by atoms with E-state index in [1.165, 1.54) is 23.4 Å². The topological polar surface area (TPSA) is 80.8 Å². The standard InChI is InChI=1S/C23H27NO5S/c1-16-7-10-19(11-8-16)22(25)18(3)29-23(26)20-12-9-17(2)21(15-20)30(27,28)24-13-5-4-6-14-24/h7-12,15,18H,4-6,13-14H2,1-3H3/t18-/m0/s1. The Morgan fingerprint density at radius 1 is 0.933 bits per heavy atom. The maximum atomic E-state index is 13.0. The highest BCUT2D eigenvalue weighted by Crippen LogP contribution is 2.25. The van der Waals surface area contributed by atoms with E-state index >= 15 is 0 Å². The van der Waals surface area contributed by atoms with Crippen molar-refractivity contribution in [1.29, 1.82) is 0 Å². The normalized spacial score (nSPS) is 16.1. The van der Waals surface area contributed by atoms with Crippen molar-refractivity contribution in [3.63, 3.8) is 0 Å². The number of carbonyl (C=O) groups is 2. The quantitative estimate of drug-likeness (QED) is 0.514. The first-order chi connectivity index (χ1) is 14.2. The van der Waals surface area contributed by atoms with Crippen molar-refractivity contribution in [2.45, 2.75) is 51.0 Å². The van der Waals surface area contributed by atoms with Gasteiger partial charge in [0.1, 0.15) is 0 Å². The summed E-state index contributed by atoms with van der Waals surface area (Å²) < 4.78 is 32.9. The van der Waals surface area contributed by atoms with E-state index in [9.17, 15) is 18.0 Å². The van der Waals surface area contributed by atoms with Crippen LogP contribution in [0.3, 0.4) is 0 Å². The third-order valence-electron chi connectivity index (χ3n) is 5.35. The molecule has 0 spiro atoms. The van der Waals surface area contributed by atoms with E-state index in [0.717, 1.165) is 24.8 Å². The van der Waals surface area contributed by atoms with E-state index in [4.69, 9.17) is 4.74 Å². The largest absolute Gasteiger partial charge is 0.451 e. The zero-order valence-corrected chi connectivity index (χ0v) is 18.4. The van der Waals surface area contributed by atoms with E-state index in [-0.39, 0.29) is 16.2 Å². The first-order valence-corrected chi connectivity index (χ1v) is 11.6. The van der Waals surface area contributed by atoms with Crippen LogP contribution in [0.4, 0.5) is 0 Å². The summed E-state index contributed by atoms with van der Waals surface area (Å²) in [5.74, 6) is -1.03. The predicted octanol–water partition coefficient (Wildman–Crippen LogP) is 3.91. The second kappa shape index (κ2) is 9.10. The van der Waals surface area contributed by atoms with Gasteiger partial charge in [0.15, 0.2) is 6.10 Å². The highest BCUT2D eigenvalue weighted by molar-refractivity contribution is 7.89. The molecule has 0 aromatic heterocycles. The fourth-order valence-electron chi connectivity index (χ4n) is 3.48. The summed E-state index contributed by atoms with van der Waals surface area (Å²) in [5.41, 5.74) is 2.16. The summed E-state index contributed by atoms with van der Waals surface area (Å²) in [4.78, 5) is 25.3. The summed E-state index contributed by atoms with van der Waals surface area (Å²) in [5, 5.41) is 0. The first-order valence-electron chi connectivity index (χ1n) is 10.1. The van der Waals surface area contributed by atoms with Crippen LogP contribution in [0.2, 0.25) is 0 Å². The van der Waals surface area contributed by atoms with E-state index in [0.29, 0.717) is 24.2 Å². The Morgan fingerprint density at radius 3 is 2.17 bits per heavy atom. The Labute approximate surface area is 177 Å². The maximum absolute atomic E-state index is 13.0. The third kappa shape index (κ3) is 4.79. The van der Waals surface area contributed by atoms with Gasteiger partial charge in [-0.1, -0.05) is 42.3 Å². The van der Waals surface area contributed by atoms with Crippen LogP contribution in [-0.2, 0) is 14.8 Å². The lowest BCUT2D eigenvalue weighted by Crippen LogP contribution is -2.36. The molecule has 0 aliphatic carbocycles. The molecule has 1 atom stereocenters. The molecular formula is C23H27NO5S. The van der Waals surface area contributed by atoms with Gasteiger partial charge in [-0.15, -0.1) is 0 Å². The molecule has 30 heavy (non-hydrogen) atoms. The fourth-order valence-corrected chi connectivity index (χ4v) is 5.25. The lowest BCUT2D eigenvalue weighted by molar-refractivity contribution is 0.0318. The van der Waals surface area contributed by atoms with Gasteiger partial charge >= 0.3 is 5.97 Å². The Balaban J connectivity index is 1.78. The number of ketones is 1. The summed E-state index contributed by atoms with van der Waals surface area (Å²) in [6, 6.07) is 11.5. The zero-order chi connectivity index (χ0) is 21.9. The summed E-state index contributed by atoms with van der Waals surface area (Å²) in [6.45, 7) is 6.11. The number of rotatable bonds is 6. The minimum Gasteiger partial charge on any atom is -0.451 e. The van der Waals surface area contributed by atoms with Crippen LogP contribution in [-0.4, -0.2) is 43.7 Å². The van der Waals surface area contributed by atoms with Gasteiger partial charge < -0.3 is 4.74 Å². The molecule has 2 aromatic rings. The number of sulfonamides is 1. The number of aryl methyl sites for hydroxylation is 2. The van der Waals surface area contributed by atoms with Crippen LogP contribution in [0.15, 0.2) is 47.4 Å². The second-order valence-corrected chi connectivity index (χ2v) is 9.63. The van der Waals surface area contributed by atoms with Gasteiger partial charge in [0.05, 0.1) is 10.5 Å². The Kier molecular flexibility index (Phi) is 6.73. The molecule has 160 valence electrons. The summed E-state index contributed by atoms with van der Waals surface area (Å²) in [6.07, 6.45) is 1.70. The smallest absolute Gasteiger partial charge is 0.338 e. The molecule has 1 fully saturated rings. The molecule has 3 rings (SSSR count). The number of hydrogen-bond acceptors (Lipinski definition) is 5. The molecule has 0 saturated carbocycles. The van der Waals surface area contributed by atoms with Gasteiger partial charge in [-0.3, -0.25) is 4.79 Å². The summed E-state index contributed by atoms with van der Waals surface area (Å²) in [7, 11) is -3.68. The highest BCUT2D eigenvalue weighted by atomic mass is 32.2. The van der Waals surface area contributed by atoms with Crippen molar-refractivity contribution in [3.8, 4) is 0 Å². The molecule has 1 saturated heterocycles. The molecule has 1 heterocycles. The lowest BCUT2D eigenvalue weighted by atomic mass is 10.1. The minimum absolute atomic E-state index is 0.108. The van der Waals surface area contributed by atoms with Gasteiger partial charge in [0, 0.05) is 18.7 Å². The fraction of sp³-hybridized carbons (Fsp3) is 0.391. The summed E-state index contributed by atoms with van der Waals surface area (Å²) >= 11 is 0. The van der Waals surface area contributed by atoms with Gasteiger partial charge in [0.2, 0.25) is 15.8 Å². The van der Waals surface area contributed by atoms with Crippen LogP contribution in [0.1, 0.15) is 58.0 Å². The minimum atomic E-state index is -3.68. The van der Waals surface area contributed by atoms with Gasteiger partial charge in [0.25, 0.3) is 0 Å². The van der Waals surface area contributed by atoms with Crippen molar-refractivity contribution >= 4 is 21.8 Å². The first kappa shape index (κ1) is 22.2. The zero-order valence-electron chi connectivity index (χ0n) is 17.6. The monoisotopic (exact) mass is 429 g/mol. The van der Waals surface area contributed by atoms with Gasteiger partial charge in [-0.2, -0.15) is 4.31 Å². The third-order valence-corrected chi connectivity index (χ3v) is 7.39. The molecule has 2 aromatic carbocycles. The number of nitrogens with zero attached hydrogens (tertiary/aromatic N) is 1. The van der Waals surface area contributed by atoms with Crippen LogP contribution >= 0.6 is 0 Å². The Bertz CT molecular complexity index is 1040. The highest BCUT2D eigenvalue weighted by Gasteiger charge is 2.29. The molecule has 7 heteroatoms. The van der Waals surface area contributed by atoms with Crippen LogP contribution in [0.5, 0.6) is 0 Å². The van der Waals surface area contributed by atoms with Crippen molar-refractivity contribution in [2.75, 3.05) is 13.1 Å². The maximum Gasteiger partial charge on any atom is 0.338 e. The van der Waals surface area contributed by atoms with E-state index in [1.807, 2.05) is 19.1 Å². The van der Waals surface area contributed by atoms with Crippen molar-refractivity contribution in [3.05, 3.63) is 64.7 Å². The predicted molar refractivity (Wildman–Crippen MR) is 114 cm³/mol. The number of benzene rings is 2. The molecule has 0 bridgehead atoms. The van der Waals surface area contributed by atoms with Crippen LogP contribution in [0.25, 0.3) is 0 Å². The van der Waals surface area contributed by atoms with Crippen molar-refractivity contribution in [2.24, 2.45) is 0 Å². The van der Waals surface area contributed by atoms with E-state index in [2.05, 4.69) is 0 Å². The Hall–Kier alpha value is -2.51. The Morgan fingerprint density at radius 2 is 1.53 bits per heavy atom. The molecule has 0 N–H and O–H groups in total. The number of piperidine rings is 1. The van der Waals surface area contributed by atoms with Crippen molar-refractivity contribution in [1.82, 2.24) is 4.31 Å². The van der Waals surface area contributed by atoms with E-state index in [1.54, 1.807) is 25.1 Å². The molecule has 1 aliphatic rings. The van der Waals surface area contributed by atoms with Gasteiger partial charge in [-0.25, -0.2) is 13.2 Å². The number of ether oxygens (including phenoxy) is 1. The second-order valence-electron chi connectivity index (χ2n) is 7.72. The van der Waals surface area contributed by atoms with E-state index < -0.39 is 22.1 Å². The number of carbonyl (C=O) groups excluding carboxylic acids is 2. The van der Waals surface area contributed by atoms with Gasteiger partial charge in [-0.05, 0) is 51.3 Å². The van der Waals surface area contributed by atoms with Crippen LogP contribution in [0, 0.1) is 13.8 Å². The lowest BCUT2D eigenvalue weighted by Gasteiger charge is -2.26. The molecule has 0 unspecified atom stereocenters. The molecule has 6 nitrogen and oxygen atoms in total. The molecule has 1 aliphatic heterocycles. The molecular weight excluding hydrogens is 402 g/mol. The number of hydrogen-bond donors (Lipinski definition) is 0. The van der Waals surface area contributed by atoms with Crippen molar-refractivity contribution < 1.29 is 22.7 Å².